The number of fused-ring (bicyclic) bond motifs is 2. The van der Waals surface area contributed by atoms with E-state index in [0.29, 0.717) is 18.0 Å². The quantitative estimate of drug-likeness (QED) is 0.844. The lowest BCUT2D eigenvalue weighted by Crippen LogP contribution is -2.52. The van der Waals surface area contributed by atoms with E-state index in [1.807, 2.05) is 26.0 Å². The fourth-order valence-corrected chi connectivity index (χ4v) is 5.66. The first kappa shape index (κ1) is 18.2. The van der Waals surface area contributed by atoms with Crippen LogP contribution in [0.15, 0.2) is 24.3 Å². The number of hydrogen-bond acceptors (Lipinski definition) is 3. The number of benzene rings is 1. The molecule has 0 aliphatic heterocycles. The minimum atomic E-state index is -3.56. The average Bonchev–Trinajstić information content (AvgIpc) is 3.15. The molecular formula is C19H28N2O3S. The summed E-state index contributed by atoms with van der Waals surface area (Å²) in [6.45, 7) is 3.81. The Bertz CT molecular complexity index is 730. The first-order valence-corrected chi connectivity index (χ1v) is 11.0. The molecular weight excluding hydrogens is 336 g/mol. The van der Waals surface area contributed by atoms with Gasteiger partial charge in [0.1, 0.15) is 6.04 Å². The molecule has 1 amide bonds. The molecule has 0 saturated heterocycles. The van der Waals surface area contributed by atoms with Crippen LogP contribution in [0.2, 0.25) is 0 Å². The Balaban J connectivity index is 1.82. The van der Waals surface area contributed by atoms with Crippen molar-refractivity contribution in [1.29, 1.82) is 0 Å². The van der Waals surface area contributed by atoms with Gasteiger partial charge >= 0.3 is 0 Å². The maximum Gasteiger partial charge on any atom is 0.244 e. The molecule has 1 N–H and O–H groups in total. The molecule has 1 aromatic carbocycles. The van der Waals surface area contributed by atoms with Gasteiger partial charge in [0.05, 0.1) is 11.9 Å². The highest BCUT2D eigenvalue weighted by Crippen LogP contribution is 2.44. The molecule has 1 aromatic rings. The second-order valence-electron chi connectivity index (χ2n) is 7.61. The summed E-state index contributed by atoms with van der Waals surface area (Å²) in [6, 6.07) is 6.77. The van der Waals surface area contributed by atoms with Crippen molar-refractivity contribution >= 4 is 21.6 Å². The summed E-state index contributed by atoms with van der Waals surface area (Å²) in [5, 5.41) is 3.15. The highest BCUT2D eigenvalue weighted by molar-refractivity contribution is 7.92. The van der Waals surface area contributed by atoms with Crippen molar-refractivity contribution in [2.75, 3.05) is 10.6 Å². The van der Waals surface area contributed by atoms with Gasteiger partial charge in [0.15, 0.2) is 0 Å². The number of nitrogens with zero attached hydrogens (tertiary/aromatic N) is 1. The lowest BCUT2D eigenvalue weighted by Gasteiger charge is -2.32. The molecule has 0 spiro atoms. The van der Waals surface area contributed by atoms with Gasteiger partial charge in [-0.3, -0.25) is 9.10 Å². The summed E-state index contributed by atoms with van der Waals surface area (Å²) in [5.41, 5.74) is 1.60. The van der Waals surface area contributed by atoms with Crippen molar-refractivity contribution in [3.05, 3.63) is 29.8 Å². The van der Waals surface area contributed by atoms with Gasteiger partial charge in [-0.2, -0.15) is 0 Å². The summed E-state index contributed by atoms with van der Waals surface area (Å²) in [4.78, 5) is 12.9. The Kier molecular flexibility index (Phi) is 5.09. The minimum absolute atomic E-state index is 0.175. The van der Waals surface area contributed by atoms with E-state index >= 15 is 0 Å². The second kappa shape index (κ2) is 6.98. The van der Waals surface area contributed by atoms with Crippen molar-refractivity contribution in [3.8, 4) is 0 Å². The van der Waals surface area contributed by atoms with Crippen molar-refractivity contribution in [3.63, 3.8) is 0 Å². The van der Waals surface area contributed by atoms with Crippen LogP contribution >= 0.6 is 0 Å². The molecule has 6 heteroatoms. The highest BCUT2D eigenvalue weighted by atomic mass is 32.2. The zero-order valence-corrected chi connectivity index (χ0v) is 16.1. The first-order valence-electron chi connectivity index (χ1n) is 9.16. The number of aryl methyl sites for hydroxylation is 1. The Hall–Kier alpha value is -1.56. The van der Waals surface area contributed by atoms with Crippen LogP contribution in [-0.2, 0) is 14.8 Å². The summed E-state index contributed by atoms with van der Waals surface area (Å²) >= 11 is 0. The van der Waals surface area contributed by atoms with Gasteiger partial charge < -0.3 is 5.32 Å². The van der Waals surface area contributed by atoms with Crippen LogP contribution in [0, 0.1) is 18.8 Å². The number of nitrogens with one attached hydrogen (secondary N) is 1. The van der Waals surface area contributed by atoms with E-state index in [9.17, 15) is 13.2 Å². The third-order valence-corrected chi connectivity index (χ3v) is 6.86. The summed E-state index contributed by atoms with van der Waals surface area (Å²) in [6.07, 6.45) is 6.30. The molecule has 138 valence electrons. The van der Waals surface area contributed by atoms with Crippen molar-refractivity contribution < 1.29 is 13.2 Å². The van der Waals surface area contributed by atoms with Gasteiger partial charge in [0, 0.05) is 6.04 Å². The van der Waals surface area contributed by atoms with Gasteiger partial charge in [-0.05, 0) is 56.6 Å². The van der Waals surface area contributed by atoms with Gasteiger partial charge in [0.2, 0.25) is 15.9 Å². The van der Waals surface area contributed by atoms with Crippen LogP contribution in [0.1, 0.15) is 44.6 Å². The smallest absolute Gasteiger partial charge is 0.244 e. The molecule has 4 atom stereocenters. The summed E-state index contributed by atoms with van der Waals surface area (Å²) in [7, 11) is -3.56. The van der Waals surface area contributed by atoms with E-state index in [1.165, 1.54) is 29.8 Å². The Morgan fingerprint density at radius 2 is 1.92 bits per heavy atom. The maximum atomic E-state index is 12.9. The maximum absolute atomic E-state index is 12.9. The summed E-state index contributed by atoms with van der Waals surface area (Å²) < 4.78 is 26.1. The van der Waals surface area contributed by atoms with E-state index in [1.54, 1.807) is 12.1 Å². The molecule has 2 saturated carbocycles. The molecule has 2 fully saturated rings. The third kappa shape index (κ3) is 3.84. The molecule has 0 unspecified atom stereocenters. The minimum Gasteiger partial charge on any atom is -0.351 e. The molecule has 5 nitrogen and oxygen atoms in total. The lowest BCUT2D eigenvalue weighted by atomic mass is 9.95. The Morgan fingerprint density at radius 1 is 1.24 bits per heavy atom. The number of sulfonamides is 1. The van der Waals surface area contributed by atoms with Crippen LogP contribution in [0.5, 0.6) is 0 Å². The monoisotopic (exact) mass is 364 g/mol. The number of anilines is 1. The zero-order valence-electron chi connectivity index (χ0n) is 15.2. The van der Waals surface area contributed by atoms with Crippen molar-refractivity contribution in [2.45, 2.75) is 58.0 Å². The van der Waals surface area contributed by atoms with Crippen molar-refractivity contribution in [2.24, 2.45) is 11.8 Å². The normalized spacial score (nSPS) is 26.4. The number of carbonyl (C=O) groups excluding carboxylic acids is 1. The van der Waals surface area contributed by atoms with Crippen LogP contribution < -0.4 is 9.62 Å². The van der Waals surface area contributed by atoms with Gasteiger partial charge in [-0.25, -0.2) is 8.42 Å². The molecule has 2 aliphatic rings. The third-order valence-electron chi connectivity index (χ3n) is 5.68. The van der Waals surface area contributed by atoms with E-state index in [-0.39, 0.29) is 11.9 Å². The predicted molar refractivity (Wildman–Crippen MR) is 100.0 cm³/mol. The van der Waals surface area contributed by atoms with E-state index in [2.05, 4.69) is 5.32 Å². The van der Waals surface area contributed by atoms with Crippen LogP contribution in [0.4, 0.5) is 5.69 Å². The summed E-state index contributed by atoms with van der Waals surface area (Å²) in [5.74, 6) is 1.13. The van der Waals surface area contributed by atoms with E-state index < -0.39 is 16.1 Å². The van der Waals surface area contributed by atoms with E-state index in [4.69, 9.17) is 0 Å². The van der Waals surface area contributed by atoms with Crippen molar-refractivity contribution in [1.82, 2.24) is 5.32 Å². The van der Waals surface area contributed by atoms with Gasteiger partial charge in [-0.1, -0.05) is 31.0 Å². The second-order valence-corrected chi connectivity index (χ2v) is 9.47. The van der Waals surface area contributed by atoms with Crippen LogP contribution in [0.3, 0.4) is 0 Å². The van der Waals surface area contributed by atoms with Gasteiger partial charge in [0.25, 0.3) is 0 Å². The molecule has 0 heterocycles. The highest BCUT2D eigenvalue weighted by Gasteiger charge is 2.41. The molecule has 0 aromatic heterocycles. The fourth-order valence-electron chi connectivity index (χ4n) is 4.45. The number of carbonyl (C=O) groups is 1. The largest absolute Gasteiger partial charge is 0.351 e. The predicted octanol–water partition coefficient (Wildman–Crippen LogP) is 2.84. The lowest BCUT2D eigenvalue weighted by molar-refractivity contribution is -0.123. The number of hydrogen-bond donors (Lipinski definition) is 1. The van der Waals surface area contributed by atoms with Crippen LogP contribution in [-0.4, -0.2) is 32.7 Å². The zero-order chi connectivity index (χ0) is 18.2. The Morgan fingerprint density at radius 3 is 2.40 bits per heavy atom. The molecule has 2 aliphatic carbocycles. The van der Waals surface area contributed by atoms with E-state index in [0.717, 1.165) is 17.9 Å². The molecule has 25 heavy (non-hydrogen) atoms. The average molecular weight is 365 g/mol. The number of rotatable bonds is 6. The Labute approximate surface area is 150 Å². The fraction of sp³-hybridized carbons (Fsp3) is 0.632. The van der Waals surface area contributed by atoms with Gasteiger partial charge in [-0.15, -0.1) is 0 Å². The first-order chi connectivity index (χ1) is 11.8. The SMILES string of the molecule is CC[C@H](C(=O)N[C@H]1C[C@H]2CC[C@H]1C2)N(c1ccc(C)cc1)S(C)(=O)=O. The number of amides is 1. The molecule has 3 rings (SSSR count). The topological polar surface area (TPSA) is 66.5 Å². The van der Waals surface area contributed by atoms with Crippen LogP contribution in [0.25, 0.3) is 0 Å². The standard InChI is InChI=1S/C19H28N2O3S/c1-4-18(19(22)20-17-12-14-7-8-15(17)11-14)21(25(3,23)24)16-9-5-13(2)6-10-16/h5-6,9-10,14-15,17-18H,4,7-8,11-12H2,1-3H3,(H,20,22)/t14-,15-,17-,18+/m0/s1. The molecule has 2 bridgehead atoms. The molecule has 0 radical (unpaired) electrons.